The third kappa shape index (κ3) is 3.69. The van der Waals surface area contributed by atoms with E-state index in [1.807, 2.05) is 0 Å². The number of hydrogen-bond acceptors (Lipinski definition) is 6. The maximum Gasteiger partial charge on any atom is 0.338 e. The lowest BCUT2D eigenvalue weighted by molar-refractivity contribution is -0.383. The number of carbonyl (C=O) groups excluding carboxylic acids is 2. The Labute approximate surface area is 133 Å². The van der Waals surface area contributed by atoms with Gasteiger partial charge < -0.3 is 10.5 Å². The van der Waals surface area contributed by atoms with Crippen LogP contribution in [0.2, 0.25) is 0 Å². The molecule has 0 radical (unpaired) electrons. The van der Waals surface area contributed by atoms with Gasteiger partial charge in [-0.1, -0.05) is 0 Å². The largest absolute Gasteiger partial charge is 0.454 e. The zero-order valence-corrected chi connectivity index (χ0v) is 12.0. The first kappa shape index (κ1) is 17.0. The summed E-state index contributed by atoms with van der Waals surface area (Å²) in [5.74, 6) is -4.07. The molecular weight excluding hydrogens is 326 g/mol. The highest BCUT2D eigenvalue weighted by Gasteiger charge is 2.18. The minimum absolute atomic E-state index is 0.130. The van der Waals surface area contributed by atoms with Crippen molar-refractivity contribution in [1.82, 2.24) is 0 Å². The number of carbonyl (C=O) groups is 2. The van der Waals surface area contributed by atoms with Crippen LogP contribution in [0.15, 0.2) is 36.4 Å². The number of nitro benzene ring substituents is 1. The van der Waals surface area contributed by atoms with Gasteiger partial charge in [0.05, 0.1) is 10.5 Å². The molecule has 2 N–H and O–H groups in total. The second-order valence-electron chi connectivity index (χ2n) is 4.66. The molecule has 0 aliphatic rings. The Bertz CT molecular complexity index is 839. The highest BCUT2D eigenvalue weighted by Crippen LogP contribution is 2.22. The number of anilines is 1. The highest BCUT2D eigenvalue weighted by molar-refractivity contribution is 5.99. The molecule has 2 aromatic rings. The van der Waals surface area contributed by atoms with E-state index in [-0.39, 0.29) is 16.8 Å². The molecule has 0 saturated carbocycles. The molecule has 24 heavy (non-hydrogen) atoms. The molecule has 0 atom stereocenters. The third-order valence-electron chi connectivity index (χ3n) is 3.04. The summed E-state index contributed by atoms with van der Waals surface area (Å²) in [6, 6.07) is 5.77. The van der Waals surface area contributed by atoms with Crippen molar-refractivity contribution in [2.45, 2.75) is 0 Å². The minimum atomic E-state index is -1.21. The van der Waals surface area contributed by atoms with Gasteiger partial charge in [-0.05, 0) is 30.3 Å². The molecule has 0 aliphatic carbocycles. The predicted octanol–water partition coefficient (Wildman–Crippen LogP) is 2.49. The predicted molar refractivity (Wildman–Crippen MR) is 78.5 cm³/mol. The maximum absolute atomic E-state index is 13.1. The number of esters is 1. The lowest BCUT2D eigenvalue weighted by Crippen LogP contribution is -2.15. The van der Waals surface area contributed by atoms with Gasteiger partial charge in [0.25, 0.3) is 5.69 Å². The van der Waals surface area contributed by atoms with Gasteiger partial charge in [0.15, 0.2) is 24.0 Å². The van der Waals surface area contributed by atoms with Crippen molar-refractivity contribution in [3.8, 4) is 0 Å². The molecule has 0 amide bonds. The number of benzene rings is 2. The number of nitrogen functional groups attached to an aromatic ring is 1. The summed E-state index contributed by atoms with van der Waals surface area (Å²) in [5.41, 5.74) is 4.45. The van der Waals surface area contributed by atoms with E-state index in [0.29, 0.717) is 6.07 Å². The molecule has 0 bridgehead atoms. The number of nitrogens with zero attached hydrogens (tertiary/aromatic N) is 1. The van der Waals surface area contributed by atoms with Gasteiger partial charge in [-0.25, -0.2) is 13.6 Å². The average Bonchev–Trinajstić information content (AvgIpc) is 2.55. The second kappa shape index (κ2) is 6.82. The van der Waals surface area contributed by atoms with Gasteiger partial charge in [-0.2, -0.15) is 0 Å². The van der Waals surface area contributed by atoms with Crippen molar-refractivity contribution < 1.29 is 28.0 Å². The second-order valence-corrected chi connectivity index (χ2v) is 4.66. The summed E-state index contributed by atoms with van der Waals surface area (Å²) in [5, 5.41) is 10.8. The number of ether oxygens (including phenoxy) is 1. The third-order valence-corrected chi connectivity index (χ3v) is 3.04. The average molecular weight is 336 g/mol. The Morgan fingerprint density at radius 2 is 1.75 bits per heavy atom. The standard InChI is InChI=1S/C15H10F2N2O5/c16-10-3-1-8(5-11(10)17)14(20)7-24-15(21)9-2-4-12(18)13(6-9)19(22)23/h1-6H,7,18H2. The molecule has 0 heterocycles. The normalized spacial score (nSPS) is 10.2. The molecule has 0 unspecified atom stereocenters. The van der Waals surface area contributed by atoms with E-state index < -0.39 is 40.6 Å². The summed E-state index contributed by atoms with van der Waals surface area (Å²) in [6.07, 6.45) is 0. The van der Waals surface area contributed by atoms with Crippen molar-refractivity contribution in [3.05, 3.63) is 69.3 Å². The fourth-order valence-electron chi connectivity index (χ4n) is 1.80. The molecule has 0 spiro atoms. The van der Waals surface area contributed by atoms with Gasteiger partial charge in [0.2, 0.25) is 0 Å². The topological polar surface area (TPSA) is 113 Å². The first-order chi connectivity index (χ1) is 11.3. The number of nitrogens with two attached hydrogens (primary N) is 1. The minimum Gasteiger partial charge on any atom is -0.454 e. The number of Topliss-reactive ketones (excluding diaryl/α,β-unsaturated/α-hetero) is 1. The van der Waals surface area contributed by atoms with E-state index in [1.54, 1.807) is 0 Å². The van der Waals surface area contributed by atoms with Crippen molar-refractivity contribution >= 4 is 23.1 Å². The lowest BCUT2D eigenvalue weighted by Gasteiger charge is -2.05. The van der Waals surface area contributed by atoms with Crippen molar-refractivity contribution in [2.75, 3.05) is 12.3 Å². The van der Waals surface area contributed by atoms with E-state index in [1.165, 1.54) is 6.07 Å². The van der Waals surface area contributed by atoms with Gasteiger partial charge in [-0.3, -0.25) is 14.9 Å². The first-order valence-corrected chi connectivity index (χ1v) is 6.49. The summed E-state index contributed by atoms with van der Waals surface area (Å²) in [7, 11) is 0. The van der Waals surface area contributed by atoms with Crippen LogP contribution in [0, 0.1) is 21.7 Å². The Balaban J connectivity index is 2.07. The van der Waals surface area contributed by atoms with Gasteiger partial charge in [0, 0.05) is 11.6 Å². The maximum atomic E-state index is 13.1. The molecule has 0 aliphatic heterocycles. The van der Waals surface area contributed by atoms with Gasteiger partial charge in [-0.15, -0.1) is 0 Å². The molecule has 0 fully saturated rings. The number of hydrogen-bond donors (Lipinski definition) is 1. The number of ketones is 1. The van der Waals surface area contributed by atoms with Crippen molar-refractivity contribution in [3.63, 3.8) is 0 Å². The van der Waals surface area contributed by atoms with E-state index in [0.717, 1.165) is 24.3 Å². The van der Waals surface area contributed by atoms with E-state index in [2.05, 4.69) is 0 Å². The molecule has 2 rings (SSSR count). The quantitative estimate of drug-likeness (QED) is 0.295. The van der Waals surface area contributed by atoms with Gasteiger partial charge >= 0.3 is 5.97 Å². The van der Waals surface area contributed by atoms with Crippen LogP contribution in [0.3, 0.4) is 0 Å². The van der Waals surface area contributed by atoms with Crippen LogP contribution in [0.5, 0.6) is 0 Å². The Morgan fingerprint density at radius 3 is 2.38 bits per heavy atom. The van der Waals surface area contributed by atoms with Crippen LogP contribution < -0.4 is 5.73 Å². The van der Waals surface area contributed by atoms with Gasteiger partial charge in [0.1, 0.15) is 5.69 Å². The SMILES string of the molecule is Nc1ccc(C(=O)OCC(=O)c2ccc(F)c(F)c2)cc1[N+](=O)[O-]. The van der Waals surface area contributed by atoms with E-state index in [4.69, 9.17) is 10.5 Å². The summed E-state index contributed by atoms with van der Waals surface area (Å²) in [6.45, 7) is -0.734. The summed E-state index contributed by atoms with van der Waals surface area (Å²) >= 11 is 0. The highest BCUT2D eigenvalue weighted by atomic mass is 19.2. The lowest BCUT2D eigenvalue weighted by atomic mass is 10.1. The molecule has 0 saturated heterocycles. The molecule has 7 nitrogen and oxygen atoms in total. The smallest absolute Gasteiger partial charge is 0.338 e. The molecule has 0 aromatic heterocycles. The molecular formula is C15H10F2N2O5. The van der Waals surface area contributed by atoms with Crippen LogP contribution in [-0.2, 0) is 4.74 Å². The van der Waals surface area contributed by atoms with Crippen molar-refractivity contribution in [1.29, 1.82) is 0 Å². The molecule has 124 valence electrons. The summed E-state index contributed by atoms with van der Waals surface area (Å²) in [4.78, 5) is 33.6. The van der Waals surface area contributed by atoms with Crippen LogP contribution in [0.25, 0.3) is 0 Å². The van der Waals surface area contributed by atoms with Crippen molar-refractivity contribution in [2.24, 2.45) is 0 Å². The van der Waals surface area contributed by atoms with Crippen LogP contribution in [0.1, 0.15) is 20.7 Å². The Morgan fingerprint density at radius 1 is 1.08 bits per heavy atom. The monoisotopic (exact) mass is 336 g/mol. The molecule has 2 aromatic carbocycles. The number of halogens is 2. The van der Waals surface area contributed by atoms with Crippen LogP contribution in [0.4, 0.5) is 20.2 Å². The van der Waals surface area contributed by atoms with Crippen LogP contribution in [-0.4, -0.2) is 23.3 Å². The Kier molecular flexibility index (Phi) is 4.83. The number of rotatable bonds is 5. The van der Waals surface area contributed by atoms with E-state index in [9.17, 15) is 28.5 Å². The molecule has 9 heteroatoms. The summed E-state index contributed by atoms with van der Waals surface area (Å²) < 4.78 is 30.6. The fourth-order valence-corrected chi connectivity index (χ4v) is 1.80. The first-order valence-electron chi connectivity index (χ1n) is 6.49. The zero-order chi connectivity index (χ0) is 17.9. The fraction of sp³-hybridized carbons (Fsp3) is 0.0667. The Hall–Kier alpha value is -3.36. The zero-order valence-electron chi connectivity index (χ0n) is 12.0. The number of nitro groups is 1. The van der Waals surface area contributed by atoms with E-state index >= 15 is 0 Å². The van der Waals surface area contributed by atoms with Crippen LogP contribution >= 0.6 is 0 Å².